The molecule has 0 unspecified atom stereocenters. The van der Waals surface area contributed by atoms with Gasteiger partial charge in [0.1, 0.15) is 23.7 Å². The number of nitrogens with zero attached hydrogens (tertiary/aromatic N) is 3. The minimum Gasteiger partial charge on any atom is -0.489 e. The van der Waals surface area contributed by atoms with Crippen molar-refractivity contribution in [2.24, 2.45) is 14.1 Å². The fourth-order valence-electron chi connectivity index (χ4n) is 2.91. The summed E-state index contributed by atoms with van der Waals surface area (Å²) in [4.78, 5) is 31.8. The second-order valence-corrected chi connectivity index (χ2v) is 6.29. The van der Waals surface area contributed by atoms with Crippen LogP contribution in [0.3, 0.4) is 0 Å². The largest absolute Gasteiger partial charge is 0.489 e. The van der Waals surface area contributed by atoms with Crippen molar-refractivity contribution in [1.29, 1.82) is 0 Å². The fraction of sp³-hybridized carbons (Fsp3) is 0.150. The van der Waals surface area contributed by atoms with Crippen molar-refractivity contribution < 1.29 is 4.74 Å². The first-order valence-corrected chi connectivity index (χ1v) is 8.47. The lowest BCUT2D eigenvalue weighted by molar-refractivity contribution is 0.306. The minimum absolute atomic E-state index is 0.305. The van der Waals surface area contributed by atoms with Gasteiger partial charge in [0.25, 0.3) is 5.56 Å². The number of aryl methyl sites for hydroxylation is 1. The standard InChI is InChI=1S/C20H18N4O3/c1-23-18-16(19(25)24(2)20(23)26)21-17(22-18)14-8-10-15(11-9-14)27-12-13-6-4-3-5-7-13/h3-11H,12H2,1-2H3,(H,21,22). The topological polar surface area (TPSA) is 81.9 Å². The molecule has 0 aliphatic carbocycles. The van der Waals surface area contributed by atoms with Gasteiger partial charge in [-0.15, -0.1) is 0 Å². The molecule has 2 heterocycles. The number of benzene rings is 2. The van der Waals surface area contributed by atoms with Crippen molar-refractivity contribution in [2.45, 2.75) is 6.61 Å². The van der Waals surface area contributed by atoms with Crippen LogP contribution in [0.5, 0.6) is 5.75 Å². The lowest BCUT2D eigenvalue weighted by atomic mass is 10.2. The highest BCUT2D eigenvalue weighted by Crippen LogP contribution is 2.22. The van der Waals surface area contributed by atoms with E-state index >= 15 is 0 Å². The molecular weight excluding hydrogens is 344 g/mol. The number of imidazole rings is 1. The van der Waals surface area contributed by atoms with Crippen LogP contribution in [0, 0.1) is 0 Å². The number of rotatable bonds is 4. The molecule has 0 amide bonds. The highest BCUT2D eigenvalue weighted by Gasteiger charge is 2.14. The normalized spacial score (nSPS) is 11.0. The predicted octanol–water partition coefficient (Wildman–Crippen LogP) is 2.21. The maximum atomic E-state index is 12.3. The summed E-state index contributed by atoms with van der Waals surface area (Å²) < 4.78 is 8.20. The average molecular weight is 362 g/mol. The number of ether oxygens (including phenoxy) is 1. The van der Waals surface area contributed by atoms with E-state index < -0.39 is 11.2 Å². The molecule has 0 atom stereocenters. The second kappa shape index (κ2) is 6.60. The highest BCUT2D eigenvalue weighted by atomic mass is 16.5. The third-order valence-electron chi connectivity index (χ3n) is 4.47. The van der Waals surface area contributed by atoms with Gasteiger partial charge in [0.15, 0.2) is 5.65 Å². The molecular formula is C20H18N4O3. The summed E-state index contributed by atoms with van der Waals surface area (Å²) in [5.74, 6) is 1.26. The molecule has 4 rings (SSSR count). The van der Waals surface area contributed by atoms with Crippen LogP contribution in [0.15, 0.2) is 64.2 Å². The molecule has 7 heteroatoms. The van der Waals surface area contributed by atoms with E-state index in [1.54, 1.807) is 7.05 Å². The first-order valence-electron chi connectivity index (χ1n) is 8.47. The molecule has 0 radical (unpaired) electrons. The molecule has 4 aromatic rings. The number of hydrogen-bond donors (Lipinski definition) is 1. The van der Waals surface area contributed by atoms with Gasteiger partial charge in [-0.05, 0) is 29.8 Å². The van der Waals surface area contributed by atoms with E-state index in [-0.39, 0.29) is 0 Å². The molecule has 0 saturated heterocycles. The van der Waals surface area contributed by atoms with Gasteiger partial charge in [-0.25, -0.2) is 9.78 Å². The van der Waals surface area contributed by atoms with Gasteiger partial charge in [0.05, 0.1) is 0 Å². The van der Waals surface area contributed by atoms with E-state index in [1.165, 1.54) is 11.6 Å². The quantitative estimate of drug-likeness (QED) is 0.603. The summed E-state index contributed by atoms with van der Waals surface area (Å²) in [6.07, 6.45) is 0. The van der Waals surface area contributed by atoms with Gasteiger partial charge in [-0.3, -0.25) is 13.9 Å². The van der Waals surface area contributed by atoms with E-state index in [0.717, 1.165) is 21.4 Å². The summed E-state index contributed by atoms with van der Waals surface area (Å²) in [7, 11) is 3.04. The fourth-order valence-corrected chi connectivity index (χ4v) is 2.91. The highest BCUT2D eigenvalue weighted by molar-refractivity contribution is 5.75. The van der Waals surface area contributed by atoms with Crippen LogP contribution in [0.4, 0.5) is 0 Å². The van der Waals surface area contributed by atoms with E-state index in [9.17, 15) is 9.59 Å². The van der Waals surface area contributed by atoms with E-state index in [1.807, 2.05) is 54.6 Å². The maximum absolute atomic E-state index is 12.3. The zero-order chi connectivity index (χ0) is 19.0. The molecule has 0 aliphatic rings. The van der Waals surface area contributed by atoms with Crippen molar-refractivity contribution in [3.8, 4) is 17.1 Å². The molecule has 2 aromatic carbocycles. The van der Waals surface area contributed by atoms with Crippen LogP contribution in [0.25, 0.3) is 22.6 Å². The van der Waals surface area contributed by atoms with Crippen LogP contribution < -0.4 is 16.0 Å². The molecule has 1 N–H and O–H groups in total. The lowest BCUT2D eigenvalue weighted by Gasteiger charge is -2.06. The third kappa shape index (κ3) is 3.03. The van der Waals surface area contributed by atoms with Gasteiger partial charge in [-0.1, -0.05) is 30.3 Å². The number of aromatic amines is 1. The minimum atomic E-state index is -0.407. The molecule has 0 bridgehead atoms. The van der Waals surface area contributed by atoms with E-state index in [2.05, 4.69) is 9.97 Å². The van der Waals surface area contributed by atoms with Gasteiger partial charge in [0, 0.05) is 19.7 Å². The second-order valence-electron chi connectivity index (χ2n) is 6.29. The summed E-state index contributed by atoms with van der Waals surface area (Å²) in [6, 6.07) is 17.4. The number of H-pyrrole nitrogens is 1. The van der Waals surface area contributed by atoms with Crippen molar-refractivity contribution >= 4 is 11.2 Å². The zero-order valence-electron chi connectivity index (χ0n) is 15.0. The van der Waals surface area contributed by atoms with E-state index in [0.29, 0.717) is 23.6 Å². The average Bonchev–Trinajstić information content (AvgIpc) is 3.16. The molecule has 0 fully saturated rings. The predicted molar refractivity (Wildman–Crippen MR) is 103 cm³/mol. The Morgan fingerprint density at radius 1 is 0.963 bits per heavy atom. The van der Waals surface area contributed by atoms with Crippen LogP contribution in [0.1, 0.15) is 5.56 Å². The third-order valence-corrected chi connectivity index (χ3v) is 4.47. The summed E-state index contributed by atoms with van der Waals surface area (Å²) in [5, 5.41) is 0. The zero-order valence-corrected chi connectivity index (χ0v) is 15.0. The van der Waals surface area contributed by atoms with E-state index in [4.69, 9.17) is 4.74 Å². The monoisotopic (exact) mass is 362 g/mol. The SMILES string of the molecule is Cn1c(=O)c2[nH]c(-c3ccc(OCc4ccccc4)cc3)nc2n(C)c1=O. The van der Waals surface area contributed by atoms with Gasteiger partial charge < -0.3 is 9.72 Å². The first-order chi connectivity index (χ1) is 13.0. The number of fused-ring (bicyclic) bond motifs is 1. The Hall–Kier alpha value is -3.61. The number of aromatic nitrogens is 4. The molecule has 7 nitrogen and oxygen atoms in total. The maximum Gasteiger partial charge on any atom is 0.332 e. The van der Waals surface area contributed by atoms with Crippen LogP contribution in [0.2, 0.25) is 0 Å². The molecule has 136 valence electrons. The van der Waals surface area contributed by atoms with Gasteiger partial charge in [0.2, 0.25) is 0 Å². The Bertz CT molecular complexity index is 1220. The summed E-state index contributed by atoms with van der Waals surface area (Å²) in [6.45, 7) is 0.489. The molecule has 2 aromatic heterocycles. The Balaban J connectivity index is 1.62. The number of nitrogens with one attached hydrogen (secondary N) is 1. The van der Waals surface area contributed by atoms with Gasteiger partial charge in [-0.2, -0.15) is 0 Å². The van der Waals surface area contributed by atoms with Crippen molar-refractivity contribution in [3.63, 3.8) is 0 Å². The molecule has 0 saturated carbocycles. The molecule has 0 aliphatic heterocycles. The first kappa shape index (κ1) is 16.8. The smallest absolute Gasteiger partial charge is 0.332 e. The van der Waals surface area contributed by atoms with Crippen LogP contribution in [-0.2, 0) is 20.7 Å². The lowest BCUT2D eigenvalue weighted by Crippen LogP contribution is -2.36. The molecule has 27 heavy (non-hydrogen) atoms. The van der Waals surface area contributed by atoms with Crippen LogP contribution in [-0.4, -0.2) is 19.1 Å². The summed E-state index contributed by atoms with van der Waals surface area (Å²) in [5.41, 5.74) is 1.73. The Kier molecular flexibility index (Phi) is 4.12. The number of hydrogen-bond acceptors (Lipinski definition) is 4. The Morgan fingerprint density at radius 3 is 2.37 bits per heavy atom. The van der Waals surface area contributed by atoms with Crippen molar-refractivity contribution in [3.05, 3.63) is 81.0 Å². The van der Waals surface area contributed by atoms with Crippen molar-refractivity contribution in [1.82, 2.24) is 19.1 Å². The Morgan fingerprint density at radius 2 is 1.67 bits per heavy atom. The Labute approximate surface area is 154 Å². The summed E-state index contributed by atoms with van der Waals surface area (Å²) >= 11 is 0. The van der Waals surface area contributed by atoms with Gasteiger partial charge >= 0.3 is 5.69 Å². The van der Waals surface area contributed by atoms with Crippen LogP contribution >= 0.6 is 0 Å². The molecule has 0 spiro atoms. The van der Waals surface area contributed by atoms with Crippen molar-refractivity contribution in [2.75, 3.05) is 0 Å².